The number of halogens is 1. The first-order valence-electron chi connectivity index (χ1n) is 9.83. The first-order chi connectivity index (χ1) is 15.7. The summed E-state index contributed by atoms with van der Waals surface area (Å²) in [6.07, 6.45) is -1.20. The number of methoxy groups -OCH3 is 2. The zero-order valence-corrected chi connectivity index (χ0v) is 20.6. The molecule has 1 aliphatic rings. The number of nitrogens with zero attached hydrogens (tertiary/aromatic N) is 2. The van der Waals surface area contributed by atoms with Crippen LogP contribution in [0.15, 0.2) is 46.3 Å². The van der Waals surface area contributed by atoms with Crippen LogP contribution in [0, 0.1) is 0 Å². The maximum Gasteiger partial charge on any atom is 0.264 e. The van der Waals surface area contributed by atoms with E-state index in [0.717, 1.165) is 4.31 Å². The molecule has 0 saturated carbocycles. The molecule has 1 amide bonds. The number of aliphatic hydroxyl groups excluding tert-OH is 1. The van der Waals surface area contributed by atoms with E-state index in [-0.39, 0.29) is 21.9 Å². The van der Waals surface area contributed by atoms with Gasteiger partial charge >= 0.3 is 0 Å². The van der Waals surface area contributed by atoms with Crippen molar-refractivity contribution in [3.63, 3.8) is 0 Å². The Bertz CT molecular complexity index is 1170. The van der Waals surface area contributed by atoms with Gasteiger partial charge in [0.2, 0.25) is 5.91 Å². The Morgan fingerprint density at radius 3 is 2.58 bits per heavy atom. The molecule has 0 fully saturated rings. The minimum atomic E-state index is -4.27. The van der Waals surface area contributed by atoms with Crippen LogP contribution in [0.25, 0.3) is 0 Å². The number of nitrogens with one attached hydrogen (secondary N) is 1. The maximum absolute atomic E-state index is 13.7. The molecule has 1 atom stereocenters. The molecule has 12 heteroatoms. The van der Waals surface area contributed by atoms with Crippen LogP contribution in [0.2, 0.25) is 5.02 Å². The lowest BCUT2D eigenvalue weighted by atomic mass is 10.1. The summed E-state index contributed by atoms with van der Waals surface area (Å²) >= 11 is 7.56. The fraction of sp³-hybridized carbons (Fsp3) is 0.333. The molecule has 1 unspecified atom stereocenters. The van der Waals surface area contributed by atoms with E-state index >= 15 is 0 Å². The number of ether oxygens (including phenoxy) is 2. The lowest BCUT2D eigenvalue weighted by Gasteiger charge is -2.28. The summed E-state index contributed by atoms with van der Waals surface area (Å²) in [5.41, 5.74) is 0.337. The van der Waals surface area contributed by atoms with Crippen molar-refractivity contribution >= 4 is 50.0 Å². The summed E-state index contributed by atoms with van der Waals surface area (Å²) in [4.78, 5) is 16.5. The average molecular weight is 514 g/mol. The molecule has 0 spiro atoms. The van der Waals surface area contributed by atoms with Crippen molar-refractivity contribution < 1.29 is 27.8 Å². The highest BCUT2D eigenvalue weighted by atomic mass is 35.5. The summed E-state index contributed by atoms with van der Waals surface area (Å²) in [7, 11) is -0.0328. The summed E-state index contributed by atoms with van der Waals surface area (Å²) in [6, 6.07) is 8.57. The van der Waals surface area contributed by atoms with Crippen LogP contribution in [-0.2, 0) is 14.8 Å². The number of hydrogen-bond donors (Lipinski definition) is 2. The molecule has 2 N–H and O–H groups in total. The second-order valence-corrected chi connectivity index (χ2v) is 10.3. The number of aliphatic imine (C=N–C) groups is 1. The van der Waals surface area contributed by atoms with Gasteiger partial charge in [0, 0.05) is 36.0 Å². The number of benzene rings is 2. The quantitative estimate of drug-likeness (QED) is 0.529. The molecule has 3 rings (SSSR count). The highest BCUT2D eigenvalue weighted by molar-refractivity contribution is 8.14. The molecule has 0 aromatic heterocycles. The third-order valence-corrected chi connectivity index (χ3v) is 7.93. The Morgan fingerprint density at radius 1 is 1.24 bits per heavy atom. The average Bonchev–Trinajstić information content (AvgIpc) is 3.36. The number of hydrogen-bond acceptors (Lipinski definition) is 8. The molecule has 9 nitrogen and oxygen atoms in total. The van der Waals surface area contributed by atoms with Crippen molar-refractivity contribution in [3.8, 4) is 11.5 Å². The van der Waals surface area contributed by atoms with E-state index in [9.17, 15) is 18.3 Å². The largest absolute Gasteiger partial charge is 0.493 e. The van der Waals surface area contributed by atoms with E-state index in [1.54, 1.807) is 0 Å². The van der Waals surface area contributed by atoms with Crippen LogP contribution in [0.1, 0.15) is 11.7 Å². The van der Waals surface area contributed by atoms with Gasteiger partial charge < -0.3 is 19.9 Å². The van der Waals surface area contributed by atoms with Gasteiger partial charge in [-0.2, -0.15) is 0 Å². The zero-order valence-electron chi connectivity index (χ0n) is 18.2. The maximum atomic E-state index is 13.7. The molecule has 0 bridgehead atoms. The molecule has 1 aliphatic heterocycles. The van der Waals surface area contributed by atoms with Gasteiger partial charge in [0.15, 0.2) is 11.5 Å². The van der Waals surface area contributed by atoms with Crippen LogP contribution in [0.4, 0.5) is 5.69 Å². The van der Waals surface area contributed by atoms with Crippen LogP contribution in [0.3, 0.4) is 0 Å². The van der Waals surface area contributed by atoms with Crippen LogP contribution in [0.5, 0.6) is 11.5 Å². The number of carbonyl (C=O) groups is 1. The molecule has 2 aromatic rings. The van der Waals surface area contributed by atoms with Crippen LogP contribution < -0.4 is 19.1 Å². The summed E-state index contributed by atoms with van der Waals surface area (Å²) < 4.78 is 38.8. The number of rotatable bonds is 9. The van der Waals surface area contributed by atoms with E-state index < -0.39 is 28.6 Å². The molecule has 2 aromatic carbocycles. The van der Waals surface area contributed by atoms with Gasteiger partial charge in [-0.25, -0.2) is 8.42 Å². The normalized spacial score (nSPS) is 14.4. The first kappa shape index (κ1) is 25.2. The van der Waals surface area contributed by atoms with Gasteiger partial charge in [-0.3, -0.25) is 14.1 Å². The Morgan fingerprint density at radius 2 is 1.97 bits per heavy atom. The molecule has 178 valence electrons. The number of aliphatic hydroxyl groups is 1. The SMILES string of the molecule is CNC(=O)CN(c1ccc(Cl)cc1C(O)C1=NCCS1)S(=O)(=O)c1ccc(OC)c(OC)c1. The Hall–Kier alpha value is -2.47. The fourth-order valence-electron chi connectivity index (χ4n) is 3.23. The van der Waals surface area contributed by atoms with E-state index in [1.807, 2.05) is 0 Å². The second-order valence-electron chi connectivity index (χ2n) is 6.88. The monoisotopic (exact) mass is 513 g/mol. The van der Waals surface area contributed by atoms with Crippen molar-refractivity contribution in [2.24, 2.45) is 4.99 Å². The number of carbonyl (C=O) groups excluding carboxylic acids is 1. The Balaban J connectivity index is 2.17. The second kappa shape index (κ2) is 10.6. The number of anilines is 1. The first-order valence-corrected chi connectivity index (χ1v) is 12.6. The van der Waals surface area contributed by atoms with Gasteiger partial charge in [0.25, 0.3) is 10.0 Å². The lowest BCUT2D eigenvalue weighted by molar-refractivity contribution is -0.119. The van der Waals surface area contributed by atoms with Gasteiger partial charge in [-0.15, -0.1) is 11.8 Å². The van der Waals surface area contributed by atoms with Crippen LogP contribution in [-0.4, -0.2) is 64.6 Å². The predicted molar refractivity (Wildman–Crippen MR) is 129 cm³/mol. The standard InChI is InChI=1S/C21H24ClN3O6S2/c1-23-19(26)12-25(33(28,29)14-5-7-17(30-2)18(11-14)31-3)16-6-4-13(22)10-15(16)20(27)21-24-8-9-32-21/h4-7,10-11,20,27H,8-9,12H2,1-3H3,(H,23,26). The van der Waals surface area contributed by atoms with Gasteiger partial charge in [0.1, 0.15) is 17.7 Å². The number of sulfonamides is 1. The van der Waals surface area contributed by atoms with Gasteiger partial charge in [-0.1, -0.05) is 11.6 Å². The van der Waals surface area contributed by atoms with E-state index in [4.69, 9.17) is 21.1 Å². The lowest BCUT2D eigenvalue weighted by Crippen LogP contribution is -2.40. The van der Waals surface area contributed by atoms with Crippen molar-refractivity contribution in [3.05, 3.63) is 47.0 Å². The highest BCUT2D eigenvalue weighted by Crippen LogP contribution is 2.37. The van der Waals surface area contributed by atoms with Crippen molar-refractivity contribution in [2.75, 3.05) is 44.4 Å². The van der Waals surface area contributed by atoms with E-state index in [2.05, 4.69) is 10.3 Å². The number of amides is 1. The Labute approximate surface area is 201 Å². The third kappa shape index (κ3) is 5.37. The minimum Gasteiger partial charge on any atom is -0.493 e. The summed E-state index contributed by atoms with van der Waals surface area (Å²) in [5.74, 6) is 0.746. The molecular formula is C21H24ClN3O6S2. The van der Waals surface area contributed by atoms with Gasteiger partial charge in [-0.05, 0) is 30.3 Å². The zero-order chi connectivity index (χ0) is 24.2. The van der Waals surface area contributed by atoms with Gasteiger partial charge in [0.05, 0.1) is 24.8 Å². The third-order valence-electron chi connectivity index (χ3n) is 4.90. The van der Waals surface area contributed by atoms with E-state index in [1.165, 1.54) is 69.4 Å². The predicted octanol–water partition coefficient (Wildman–Crippen LogP) is 2.48. The molecule has 33 heavy (non-hydrogen) atoms. The fourth-order valence-corrected chi connectivity index (χ4v) is 5.74. The van der Waals surface area contributed by atoms with Crippen molar-refractivity contribution in [1.29, 1.82) is 0 Å². The van der Waals surface area contributed by atoms with Crippen LogP contribution >= 0.6 is 23.4 Å². The van der Waals surface area contributed by atoms with Crippen molar-refractivity contribution in [2.45, 2.75) is 11.0 Å². The topological polar surface area (TPSA) is 118 Å². The molecule has 0 saturated heterocycles. The molecule has 1 heterocycles. The van der Waals surface area contributed by atoms with Crippen molar-refractivity contribution in [1.82, 2.24) is 5.32 Å². The minimum absolute atomic E-state index is 0.112. The Kier molecular flexibility index (Phi) is 8.11. The molecular weight excluding hydrogens is 490 g/mol. The van der Waals surface area contributed by atoms with E-state index in [0.29, 0.717) is 28.1 Å². The number of thioether (sulfide) groups is 1. The molecule has 0 aliphatic carbocycles. The summed E-state index contributed by atoms with van der Waals surface area (Å²) in [6.45, 7) is 0.0347. The summed E-state index contributed by atoms with van der Waals surface area (Å²) in [5, 5.41) is 14.2. The smallest absolute Gasteiger partial charge is 0.264 e. The highest BCUT2D eigenvalue weighted by Gasteiger charge is 2.32. The number of likely N-dealkylation sites (N-methyl/N-ethyl adjacent to an activating group) is 1. The molecule has 0 radical (unpaired) electrons.